The number of nitrogens with zero attached hydrogens (tertiary/aromatic N) is 1. The summed E-state index contributed by atoms with van der Waals surface area (Å²) in [5.41, 5.74) is 11.0. The normalized spacial score (nSPS) is 9.67. The lowest BCUT2D eigenvalue weighted by atomic mass is 11.7. The Hall–Kier alpha value is -0.500. The van der Waals surface area contributed by atoms with Gasteiger partial charge in [0.1, 0.15) is 11.1 Å². The maximum absolute atomic E-state index is 9.62. The van der Waals surface area contributed by atoms with E-state index in [4.69, 9.17) is 68.8 Å². The smallest absolute Gasteiger partial charge is 0.466 e. The van der Waals surface area contributed by atoms with Gasteiger partial charge < -0.3 is 44.0 Å². The predicted molar refractivity (Wildman–Crippen MR) is 55.2 cm³/mol. The zero-order chi connectivity index (χ0) is 18.9. The fourth-order valence-electron chi connectivity index (χ4n) is 0. The maximum atomic E-state index is 9.62. The van der Waals surface area contributed by atoms with Crippen LogP contribution < -0.4 is 9.81 Å². The molecule has 0 saturated heterocycles. The monoisotopic (exact) mass is 389 g/mol. The Bertz CT molecular complexity index is 305. The van der Waals surface area contributed by atoms with E-state index in [-0.39, 0.29) is 0 Å². The summed E-state index contributed by atoms with van der Waals surface area (Å²) in [7, 11) is -14.2. The van der Waals surface area contributed by atoms with E-state index < -0.39 is 30.4 Å². The highest BCUT2D eigenvalue weighted by Gasteiger charge is 2.00. The van der Waals surface area contributed by atoms with Crippen LogP contribution in [0.5, 0.6) is 0 Å². The average Bonchev–Trinajstić information content (AvgIpc) is 1.93. The van der Waals surface area contributed by atoms with Crippen LogP contribution in [0, 0.1) is 11.1 Å². The third-order valence-corrected chi connectivity index (χ3v) is 0. The van der Waals surface area contributed by atoms with E-state index >= 15 is 0 Å². The van der Waals surface area contributed by atoms with Crippen molar-refractivity contribution < 1.29 is 66.5 Å². The van der Waals surface area contributed by atoms with E-state index in [0.29, 0.717) is 0 Å². The lowest BCUT2D eigenvalue weighted by Crippen LogP contribution is -1.94. The summed E-state index contributed by atoms with van der Waals surface area (Å²) in [6, 6.07) is 0. The molecule has 0 aliphatic rings. The number of halogens is 2. The molecule has 0 aromatic heterocycles. The third kappa shape index (κ3) is 23900. The molecule has 0 rings (SSSR count). The van der Waals surface area contributed by atoms with Crippen LogP contribution in [-0.4, -0.2) is 46.1 Å². The van der Waals surface area contributed by atoms with Gasteiger partial charge in [-0.1, -0.05) is 0 Å². The van der Waals surface area contributed by atoms with Gasteiger partial charge in [0.2, 0.25) is 11.8 Å². The maximum Gasteiger partial charge on any atom is 0.466 e. The number of nitrogens with one attached hydrogen (secondary N) is 2. The zero-order valence-electron chi connectivity index (χ0n) is 9.46. The largest absolute Gasteiger partial charge is 0.756 e. The molecule has 0 fully saturated rings. The zero-order valence-corrected chi connectivity index (χ0v) is 12.1. The molecular weight excluding hydrogens is 377 g/mol. The van der Waals surface area contributed by atoms with Crippen molar-refractivity contribution >= 4 is 23.5 Å². The first kappa shape index (κ1) is 32.4. The highest BCUT2D eigenvalue weighted by atomic mass is 31.2. The van der Waals surface area contributed by atoms with Crippen LogP contribution in [0.25, 0.3) is 0 Å². The third-order valence-electron chi connectivity index (χ3n) is 0. The van der Waals surface area contributed by atoms with Gasteiger partial charge in [-0.15, -0.1) is 0 Å². The summed E-state index contributed by atoms with van der Waals surface area (Å²) in [4.78, 5) is 68.0. The second-order valence-corrected chi connectivity index (χ2v) is 4.76. The molecule has 15 nitrogen and oxygen atoms in total. The average molecular weight is 389 g/mol. The van der Waals surface area contributed by atoms with Crippen LogP contribution in [0.4, 0.5) is 8.78 Å². The molecule has 0 amide bonds. The van der Waals surface area contributed by atoms with Gasteiger partial charge in [-0.2, -0.15) is 0 Å². The standard InChI is InChI=1S/CH2F2.H2N3.3H3O4P/c2-1-3;1-3-2;3*1-5(2,3)4/h1H2;1-2H;3*(H3,1,2,3,4)/q;+1;;;/p-1. The van der Waals surface area contributed by atoms with E-state index in [1.165, 1.54) is 0 Å². The second-order valence-electron chi connectivity index (χ2n) is 1.73. The number of rotatable bonds is 0. The number of alkyl halides is 2. The summed E-state index contributed by atoms with van der Waals surface area (Å²) >= 11 is 0. The second kappa shape index (κ2) is 17.6. The molecule has 0 aromatic rings. The Morgan fingerprint density at radius 1 is 0.810 bits per heavy atom. The summed E-state index contributed by atoms with van der Waals surface area (Å²) < 4.78 is 45.8. The molecular formula is CH12F2N3O12P3. The molecule has 0 atom stereocenters. The molecule has 0 bridgehead atoms. The van der Waals surface area contributed by atoms with Crippen LogP contribution in [0.1, 0.15) is 0 Å². The van der Waals surface area contributed by atoms with E-state index in [9.17, 15) is 8.78 Å². The van der Waals surface area contributed by atoms with Crippen LogP contribution in [0.2, 0.25) is 0 Å². The molecule has 0 aliphatic carbocycles. The molecule has 132 valence electrons. The summed E-state index contributed by atoms with van der Waals surface area (Å²) in [6.45, 7) is -1.75. The molecule has 10 N–H and O–H groups in total. The molecule has 0 spiro atoms. The van der Waals surface area contributed by atoms with Crippen LogP contribution >= 0.6 is 23.5 Å². The Labute approximate surface area is 114 Å². The van der Waals surface area contributed by atoms with Gasteiger partial charge in [0.25, 0.3) is 7.82 Å². The number of hydrogen-bond donors (Lipinski definition) is 10. The van der Waals surface area contributed by atoms with Crippen molar-refractivity contribution in [2.24, 2.45) is 0 Å². The van der Waals surface area contributed by atoms with Gasteiger partial charge in [-0.3, -0.25) is 4.57 Å². The van der Waals surface area contributed by atoms with Crippen molar-refractivity contribution in [3.8, 4) is 0 Å². The van der Waals surface area contributed by atoms with Crippen molar-refractivity contribution in [3.05, 3.63) is 0 Å². The minimum atomic E-state index is -4.89. The van der Waals surface area contributed by atoms with Crippen molar-refractivity contribution in [3.63, 3.8) is 0 Å². The molecule has 0 aliphatic heterocycles. The summed E-state index contributed by atoms with van der Waals surface area (Å²) in [5, 5.41) is 0. The molecule has 0 radical (unpaired) electrons. The van der Waals surface area contributed by atoms with E-state index in [1.54, 1.807) is 0 Å². The van der Waals surface area contributed by atoms with Gasteiger partial charge in [0, 0.05) is 0 Å². The van der Waals surface area contributed by atoms with Gasteiger partial charge in [-0.05, 0) is 0 Å². The van der Waals surface area contributed by atoms with Crippen LogP contribution in [0.15, 0.2) is 0 Å². The number of hydrogen-bond acceptors (Lipinski definition) is 6. The van der Waals surface area contributed by atoms with E-state index in [2.05, 4.69) is 0 Å². The van der Waals surface area contributed by atoms with Crippen LogP contribution in [0.3, 0.4) is 0 Å². The first-order chi connectivity index (χ1) is 8.83. The Morgan fingerprint density at radius 2 is 0.810 bits per heavy atom. The minimum Gasteiger partial charge on any atom is -0.756 e. The first-order valence-electron chi connectivity index (χ1n) is 3.31. The fraction of sp³-hybridized carbons (Fsp3) is 1.00. The highest BCUT2D eigenvalue weighted by Crippen LogP contribution is 2.26. The molecule has 0 saturated carbocycles. The van der Waals surface area contributed by atoms with Gasteiger partial charge >= 0.3 is 15.6 Å². The lowest BCUT2D eigenvalue weighted by molar-refractivity contribution is -0.214. The highest BCUT2D eigenvalue weighted by molar-refractivity contribution is 7.45. The van der Waals surface area contributed by atoms with E-state index in [1.807, 2.05) is 4.91 Å². The summed E-state index contributed by atoms with van der Waals surface area (Å²) in [5.74, 6) is 0. The van der Waals surface area contributed by atoms with Crippen LogP contribution in [-0.2, 0) is 13.7 Å². The van der Waals surface area contributed by atoms with Crippen molar-refractivity contribution in [1.82, 2.24) is 4.91 Å². The number of phosphoric acid groups is 3. The Kier molecular flexibility index (Phi) is 27.1. The van der Waals surface area contributed by atoms with E-state index in [0.717, 1.165) is 0 Å². The lowest BCUT2D eigenvalue weighted by Gasteiger charge is -2.01. The molecule has 0 aromatic carbocycles. The van der Waals surface area contributed by atoms with Gasteiger partial charge in [0.05, 0.1) is 0 Å². The van der Waals surface area contributed by atoms with Gasteiger partial charge in [0.15, 0.2) is 0 Å². The molecule has 20 heteroatoms. The molecule has 0 heterocycles. The fourth-order valence-corrected chi connectivity index (χ4v) is 0. The predicted octanol–water partition coefficient (Wildman–Crippen LogP) is -2.42. The quantitative estimate of drug-likeness (QED) is 0.118. The Morgan fingerprint density at radius 3 is 0.810 bits per heavy atom. The minimum absolute atomic E-state index is 1.75. The van der Waals surface area contributed by atoms with Crippen molar-refractivity contribution in [2.45, 2.75) is 0 Å². The first-order valence-corrected chi connectivity index (χ1v) is 7.97. The Balaban J connectivity index is -0.0000000519. The van der Waals surface area contributed by atoms with Crippen molar-refractivity contribution in [2.75, 3.05) is 6.93 Å². The van der Waals surface area contributed by atoms with Gasteiger partial charge in [-0.25, -0.2) is 17.9 Å². The summed E-state index contributed by atoms with van der Waals surface area (Å²) in [6.07, 6.45) is 0. The molecule has 0 unspecified atom stereocenters. The molecule has 21 heavy (non-hydrogen) atoms. The SMILES string of the molecule is FCF.N=[N+]=N.O=P(O)(O)O.O=P(O)(O)O.O=P([O-])(O)O. The van der Waals surface area contributed by atoms with Crippen molar-refractivity contribution in [1.29, 1.82) is 11.1 Å². The topological polar surface area (TPSA) is 298 Å².